The van der Waals surface area contributed by atoms with Crippen molar-refractivity contribution >= 4 is 32.1 Å². The average molecular weight is 640 g/mol. The molecule has 9 nitrogen and oxygen atoms in total. The number of nitrogens with one attached hydrogen (secondary N) is 1. The molecule has 0 radical (unpaired) electrons. The van der Waals surface area contributed by atoms with Gasteiger partial charge < -0.3 is 33.9 Å². The minimum absolute atomic E-state index is 0.00514. The van der Waals surface area contributed by atoms with Gasteiger partial charge in [-0.15, -0.1) is 0 Å². The van der Waals surface area contributed by atoms with E-state index in [9.17, 15) is 15.0 Å². The molecule has 1 aliphatic heterocycles. The molecule has 244 valence electrons. The summed E-state index contributed by atoms with van der Waals surface area (Å²) < 4.78 is 32.2. The molecule has 43 heavy (non-hydrogen) atoms. The Morgan fingerprint density at radius 1 is 1.19 bits per heavy atom. The summed E-state index contributed by atoms with van der Waals surface area (Å²) in [6.45, 7) is 15.0. The number of hydrogen-bond donors (Lipinski definition) is 3. The van der Waals surface area contributed by atoms with E-state index in [1.165, 1.54) is 19.1 Å². The Hall–Kier alpha value is -1.70. The maximum Gasteiger partial charge on any atom is 0.342 e. The number of carbonyl (C=O) groups is 1. The number of rotatable bonds is 18. The lowest BCUT2D eigenvalue weighted by Gasteiger charge is -2.20. The largest absolute Gasteiger partial charge is 0.467 e. The summed E-state index contributed by atoms with van der Waals surface area (Å²) in [7, 11) is 0.129. The molecule has 3 N–H and O–H groups in total. The zero-order valence-corrected chi connectivity index (χ0v) is 29.2. The summed E-state index contributed by atoms with van der Waals surface area (Å²) in [5.74, 6) is -1.02. The summed E-state index contributed by atoms with van der Waals surface area (Å²) in [6, 6.07) is 4.62. The highest BCUT2D eigenvalue weighted by Gasteiger charge is 2.43. The lowest BCUT2D eigenvalue weighted by molar-refractivity contribution is -0.152. The normalized spacial score (nSPS) is 20.9. The average Bonchev–Trinajstić information content (AvgIpc) is 3.24. The van der Waals surface area contributed by atoms with Crippen LogP contribution in [0.5, 0.6) is 5.75 Å². The van der Waals surface area contributed by atoms with E-state index in [4.69, 9.17) is 23.7 Å². The van der Waals surface area contributed by atoms with Crippen LogP contribution in [0.25, 0.3) is 6.08 Å². The molecule has 1 unspecified atom stereocenters. The van der Waals surface area contributed by atoms with Crippen molar-refractivity contribution in [3.8, 4) is 5.75 Å². The number of ether oxygens (including phenoxy) is 5. The van der Waals surface area contributed by atoms with Crippen LogP contribution in [-0.2, 0) is 25.4 Å². The number of benzene rings is 1. The van der Waals surface area contributed by atoms with Gasteiger partial charge in [0.05, 0.1) is 18.8 Å². The van der Waals surface area contributed by atoms with E-state index in [2.05, 4.69) is 24.4 Å². The molecule has 1 heterocycles. The Kier molecular flexibility index (Phi) is 15.4. The topological polar surface area (TPSA) is 116 Å². The first kappa shape index (κ1) is 37.5. The van der Waals surface area contributed by atoms with Crippen LogP contribution in [0.2, 0.25) is 25.7 Å². The number of hydrogen-bond acceptors (Lipinski definition) is 10. The van der Waals surface area contributed by atoms with Gasteiger partial charge in [0, 0.05) is 21.7 Å². The summed E-state index contributed by atoms with van der Waals surface area (Å²) in [6.07, 6.45) is 7.90. The van der Waals surface area contributed by atoms with Crippen molar-refractivity contribution in [2.24, 2.45) is 5.92 Å². The van der Waals surface area contributed by atoms with Crippen molar-refractivity contribution in [1.29, 1.82) is 0 Å². The molecular weight excluding hydrogens is 587 g/mol. The molecule has 1 aliphatic rings. The SMILES string of the molecule is COCOc1ccc(CCNSC)c(/C=C/C[C@@H]2OC(C)(C)O[C@@H]2C(O)/C=C\[C@@H](C)[C@H](C)O)c1C(=O)OCC[Si](C)(C)C. The Balaban J connectivity index is 2.41. The minimum atomic E-state index is -1.40. The van der Waals surface area contributed by atoms with Crippen molar-refractivity contribution in [3.63, 3.8) is 0 Å². The molecular formula is C32H53NO8SSi. The second-order valence-corrected chi connectivity index (χ2v) is 18.9. The predicted octanol–water partition coefficient (Wildman–Crippen LogP) is 5.43. The quantitative estimate of drug-likeness (QED) is 0.0480. The third-order valence-electron chi connectivity index (χ3n) is 7.14. The predicted molar refractivity (Wildman–Crippen MR) is 176 cm³/mol. The summed E-state index contributed by atoms with van der Waals surface area (Å²) in [5, 5.41) is 20.8. The first-order valence-corrected chi connectivity index (χ1v) is 19.9. The van der Waals surface area contributed by atoms with Gasteiger partial charge >= 0.3 is 5.97 Å². The van der Waals surface area contributed by atoms with E-state index in [1.807, 2.05) is 45.2 Å². The van der Waals surface area contributed by atoms with Gasteiger partial charge in [-0.3, -0.25) is 4.72 Å². The molecule has 11 heteroatoms. The van der Waals surface area contributed by atoms with Gasteiger partial charge in [0.2, 0.25) is 0 Å². The molecule has 2 rings (SSSR count). The number of carbonyl (C=O) groups excluding carboxylic acids is 1. The van der Waals surface area contributed by atoms with Crippen molar-refractivity contribution in [1.82, 2.24) is 4.72 Å². The molecule has 1 aromatic carbocycles. The smallest absolute Gasteiger partial charge is 0.342 e. The molecule has 0 saturated carbocycles. The van der Waals surface area contributed by atoms with Crippen LogP contribution in [0.4, 0.5) is 0 Å². The molecule has 0 amide bonds. The fourth-order valence-electron chi connectivity index (χ4n) is 4.53. The fourth-order valence-corrected chi connectivity index (χ4v) is 5.55. The molecule has 0 bridgehead atoms. The van der Waals surface area contributed by atoms with E-state index in [0.717, 1.165) is 17.2 Å². The van der Waals surface area contributed by atoms with E-state index in [1.54, 1.807) is 25.1 Å². The molecule has 1 aromatic rings. The Labute approximate surface area is 263 Å². The van der Waals surface area contributed by atoms with Gasteiger partial charge in [0.1, 0.15) is 23.5 Å². The Bertz CT molecular complexity index is 1070. The van der Waals surface area contributed by atoms with Crippen molar-refractivity contribution < 1.29 is 38.7 Å². The first-order valence-electron chi connectivity index (χ1n) is 15.0. The van der Waals surface area contributed by atoms with E-state index < -0.39 is 44.2 Å². The van der Waals surface area contributed by atoms with Crippen molar-refractivity contribution in [2.45, 2.75) is 96.4 Å². The fraction of sp³-hybridized carbons (Fsp3) is 0.656. The molecule has 0 aliphatic carbocycles. The Morgan fingerprint density at radius 3 is 2.53 bits per heavy atom. The standard InChI is InChI=1S/C32H53NO8SSi/c1-22(23(2)34)13-15-26(35)30-28(40-32(3,4)41-30)12-10-11-25-24(17-18-33-42-6)14-16-27(39-21-37-5)29(25)31(36)38-19-20-43(7,8)9/h10-11,13-16,22-23,26,28,30,33-35H,12,17-21H2,1-9H3/b11-10+,15-13-/t22-,23+,26?,28+,30-/m1/s1. The van der Waals surface area contributed by atoms with E-state index in [-0.39, 0.29) is 12.7 Å². The number of methoxy groups -OCH3 is 1. The van der Waals surface area contributed by atoms with E-state index >= 15 is 0 Å². The zero-order chi connectivity index (χ0) is 32.2. The third kappa shape index (κ3) is 12.7. The van der Waals surface area contributed by atoms with Gasteiger partial charge in [-0.05, 0) is 69.0 Å². The third-order valence-corrected chi connectivity index (χ3v) is 9.34. The molecule has 0 spiro atoms. The number of aliphatic hydroxyl groups excluding tert-OH is 2. The van der Waals surface area contributed by atoms with E-state index in [0.29, 0.717) is 37.3 Å². The maximum absolute atomic E-state index is 13.6. The number of esters is 1. The van der Waals surface area contributed by atoms with Crippen LogP contribution in [0.3, 0.4) is 0 Å². The number of aliphatic hydroxyl groups is 2. The van der Waals surface area contributed by atoms with Crippen molar-refractivity contribution in [3.05, 3.63) is 47.1 Å². The van der Waals surface area contributed by atoms with Crippen LogP contribution in [0, 0.1) is 5.92 Å². The summed E-state index contributed by atoms with van der Waals surface area (Å²) in [4.78, 5) is 13.6. The highest BCUT2D eigenvalue weighted by atomic mass is 32.2. The van der Waals surface area contributed by atoms with Crippen LogP contribution >= 0.6 is 11.9 Å². The monoisotopic (exact) mass is 639 g/mol. The van der Waals surface area contributed by atoms with Gasteiger partial charge in [-0.2, -0.15) is 0 Å². The van der Waals surface area contributed by atoms with Crippen LogP contribution in [0.1, 0.15) is 55.6 Å². The van der Waals surface area contributed by atoms with Crippen molar-refractivity contribution in [2.75, 3.05) is 33.3 Å². The summed E-state index contributed by atoms with van der Waals surface area (Å²) >= 11 is 1.54. The van der Waals surface area contributed by atoms with Crippen LogP contribution < -0.4 is 9.46 Å². The second kappa shape index (κ2) is 17.7. The van der Waals surface area contributed by atoms with Gasteiger partial charge in [-0.1, -0.05) is 68.9 Å². The lowest BCUT2D eigenvalue weighted by atomic mass is 9.96. The Morgan fingerprint density at radius 2 is 1.91 bits per heavy atom. The molecule has 5 atom stereocenters. The highest BCUT2D eigenvalue weighted by Crippen LogP contribution is 2.34. The molecule has 1 saturated heterocycles. The molecule has 0 aromatic heterocycles. The van der Waals surface area contributed by atoms with Crippen LogP contribution in [-0.4, -0.2) is 87.8 Å². The maximum atomic E-state index is 13.6. The summed E-state index contributed by atoms with van der Waals surface area (Å²) in [5.41, 5.74) is 2.05. The second-order valence-electron chi connectivity index (χ2n) is 12.6. The first-order chi connectivity index (χ1) is 20.2. The minimum Gasteiger partial charge on any atom is -0.467 e. The highest BCUT2D eigenvalue weighted by molar-refractivity contribution is 7.96. The van der Waals surface area contributed by atoms with Crippen LogP contribution in [0.15, 0.2) is 30.4 Å². The van der Waals surface area contributed by atoms with Gasteiger partial charge in [0.25, 0.3) is 0 Å². The van der Waals surface area contributed by atoms with Gasteiger partial charge in [-0.25, -0.2) is 4.79 Å². The lowest BCUT2D eigenvalue weighted by Crippen LogP contribution is -2.34. The van der Waals surface area contributed by atoms with Gasteiger partial charge in [0.15, 0.2) is 12.6 Å². The zero-order valence-electron chi connectivity index (χ0n) is 27.3. The molecule has 1 fully saturated rings.